The molecule has 1 aliphatic heterocycles. The number of hydrogen-bond acceptors (Lipinski definition) is 8. The number of carbonyl (C=O) groups is 1. The lowest BCUT2D eigenvalue weighted by Gasteiger charge is -2.32. The van der Waals surface area contributed by atoms with Gasteiger partial charge in [0.2, 0.25) is 0 Å². The van der Waals surface area contributed by atoms with Crippen LogP contribution in [0.2, 0.25) is 0 Å². The van der Waals surface area contributed by atoms with E-state index in [-0.39, 0.29) is 17.5 Å². The van der Waals surface area contributed by atoms with Crippen LogP contribution in [0.25, 0.3) is 21.3 Å². The van der Waals surface area contributed by atoms with E-state index in [9.17, 15) is 9.59 Å². The van der Waals surface area contributed by atoms with E-state index in [2.05, 4.69) is 19.1 Å². The van der Waals surface area contributed by atoms with Gasteiger partial charge in [0.1, 0.15) is 21.3 Å². The van der Waals surface area contributed by atoms with E-state index >= 15 is 0 Å². The molecule has 1 aliphatic rings. The number of likely N-dealkylation sites (tertiary alicyclic amines) is 1. The van der Waals surface area contributed by atoms with Crippen LogP contribution < -0.4 is 5.56 Å². The summed E-state index contributed by atoms with van der Waals surface area (Å²) in [7, 11) is 0. The fraction of sp³-hybridized carbons (Fsp3) is 0.294. The number of fused-ring (bicyclic) bond motifs is 2. The van der Waals surface area contributed by atoms with Crippen molar-refractivity contribution in [1.82, 2.24) is 28.6 Å². The Hall–Kier alpha value is -2.72. The quantitative estimate of drug-likeness (QED) is 0.514. The van der Waals surface area contributed by atoms with Crippen molar-refractivity contribution < 1.29 is 4.79 Å². The monoisotopic (exact) mass is 398 g/mol. The first kappa shape index (κ1) is 16.5. The molecular weight excluding hydrogens is 384 g/mol. The molecule has 0 N–H and O–H groups in total. The molecule has 0 saturated carbocycles. The summed E-state index contributed by atoms with van der Waals surface area (Å²) in [5.41, 5.74) is 2.71. The molecule has 3 aromatic heterocycles. The van der Waals surface area contributed by atoms with Gasteiger partial charge >= 0.3 is 0 Å². The highest BCUT2D eigenvalue weighted by Crippen LogP contribution is 2.23. The lowest BCUT2D eigenvalue weighted by atomic mass is 10.0. The van der Waals surface area contributed by atoms with E-state index in [0.29, 0.717) is 41.7 Å². The van der Waals surface area contributed by atoms with Gasteiger partial charge in [-0.25, -0.2) is 4.68 Å². The minimum absolute atomic E-state index is 0.0181. The summed E-state index contributed by atoms with van der Waals surface area (Å²) in [5, 5.41) is 10.1. The van der Waals surface area contributed by atoms with Gasteiger partial charge in [0, 0.05) is 18.7 Å². The minimum Gasteiger partial charge on any atom is -0.338 e. The Morgan fingerprint density at radius 2 is 1.89 bits per heavy atom. The van der Waals surface area contributed by atoms with Crippen molar-refractivity contribution in [2.24, 2.45) is 0 Å². The maximum Gasteiger partial charge on any atom is 0.287 e. The minimum atomic E-state index is -0.0961. The predicted octanol–water partition coefficient (Wildman–Crippen LogP) is 2.33. The first-order valence-corrected chi connectivity index (χ1v) is 10.2. The van der Waals surface area contributed by atoms with E-state index in [0.717, 1.165) is 22.8 Å². The Kier molecular flexibility index (Phi) is 3.94. The molecule has 0 atom stereocenters. The number of hydrogen-bond donors (Lipinski definition) is 0. The summed E-state index contributed by atoms with van der Waals surface area (Å²) in [5.74, 6) is -0.0181. The molecule has 0 unspecified atom stereocenters. The lowest BCUT2D eigenvalue weighted by molar-refractivity contribution is 0.0687. The summed E-state index contributed by atoms with van der Waals surface area (Å²) in [6.45, 7) is 1.15. The number of nitrogens with zero attached hydrogens (tertiary/aromatic N) is 6. The zero-order valence-electron chi connectivity index (χ0n) is 14.1. The first-order chi connectivity index (χ1) is 13.2. The number of rotatable bonds is 2. The van der Waals surface area contributed by atoms with Crippen LogP contribution in [0.3, 0.4) is 0 Å². The smallest absolute Gasteiger partial charge is 0.287 e. The summed E-state index contributed by atoms with van der Waals surface area (Å²) in [6.07, 6.45) is 1.36. The number of benzene rings is 1. The fourth-order valence-corrected chi connectivity index (χ4v) is 4.71. The van der Waals surface area contributed by atoms with Crippen molar-refractivity contribution >= 4 is 50.2 Å². The number of thiophene rings is 1. The lowest BCUT2D eigenvalue weighted by Crippen LogP contribution is -2.41. The Morgan fingerprint density at radius 3 is 2.74 bits per heavy atom. The summed E-state index contributed by atoms with van der Waals surface area (Å²) < 4.78 is 10.5. The standard InChI is InChI=1S/C17H14N6O2S2/c24-16(10-1-2-12-14(9-10)20-27-19-12)22-6-3-11(4-7-22)23-17(25)15-13(18-21-23)5-8-26-15/h1-2,5,8-9,11H,3-4,6-7H2. The topological polar surface area (TPSA) is 93.9 Å². The molecule has 136 valence electrons. The average molecular weight is 398 g/mol. The third kappa shape index (κ3) is 2.81. The van der Waals surface area contributed by atoms with Crippen LogP contribution >= 0.6 is 23.1 Å². The van der Waals surface area contributed by atoms with E-state index in [4.69, 9.17) is 0 Å². The van der Waals surface area contributed by atoms with Gasteiger partial charge in [-0.1, -0.05) is 5.21 Å². The van der Waals surface area contributed by atoms with Crippen LogP contribution in [0.4, 0.5) is 0 Å². The molecule has 1 fully saturated rings. The van der Waals surface area contributed by atoms with Gasteiger partial charge in [0.15, 0.2) is 0 Å². The van der Waals surface area contributed by atoms with Crippen LogP contribution in [0, 0.1) is 0 Å². The van der Waals surface area contributed by atoms with Crippen LogP contribution in [0.15, 0.2) is 34.4 Å². The Balaban J connectivity index is 1.33. The van der Waals surface area contributed by atoms with Gasteiger partial charge in [0.25, 0.3) is 11.5 Å². The average Bonchev–Trinajstić information content (AvgIpc) is 3.37. The first-order valence-electron chi connectivity index (χ1n) is 8.55. The highest BCUT2D eigenvalue weighted by atomic mass is 32.1. The van der Waals surface area contributed by atoms with Crippen molar-refractivity contribution in [2.75, 3.05) is 13.1 Å². The third-order valence-corrected chi connectivity index (χ3v) is 6.34. The predicted molar refractivity (Wildman–Crippen MR) is 103 cm³/mol. The molecule has 0 radical (unpaired) electrons. The van der Waals surface area contributed by atoms with Crippen molar-refractivity contribution in [3.8, 4) is 0 Å². The summed E-state index contributed by atoms with van der Waals surface area (Å²) in [4.78, 5) is 27.2. The molecule has 4 heterocycles. The van der Waals surface area contributed by atoms with Crippen LogP contribution in [-0.2, 0) is 0 Å². The van der Waals surface area contributed by atoms with Crippen molar-refractivity contribution in [1.29, 1.82) is 0 Å². The molecule has 0 aliphatic carbocycles. The highest BCUT2D eigenvalue weighted by Gasteiger charge is 2.26. The van der Waals surface area contributed by atoms with E-state index < -0.39 is 0 Å². The van der Waals surface area contributed by atoms with Gasteiger partial charge < -0.3 is 4.90 Å². The molecule has 10 heteroatoms. The largest absolute Gasteiger partial charge is 0.338 e. The van der Waals surface area contributed by atoms with Gasteiger partial charge in [-0.15, -0.1) is 16.4 Å². The van der Waals surface area contributed by atoms with E-state index in [1.54, 1.807) is 18.2 Å². The molecule has 5 rings (SSSR count). The van der Waals surface area contributed by atoms with Crippen LogP contribution in [0.1, 0.15) is 29.2 Å². The second-order valence-corrected chi connectivity index (χ2v) is 7.91. The van der Waals surface area contributed by atoms with Crippen LogP contribution in [0.5, 0.6) is 0 Å². The van der Waals surface area contributed by atoms with E-state index in [1.165, 1.54) is 16.0 Å². The molecule has 0 bridgehead atoms. The number of amides is 1. The maximum absolute atomic E-state index is 12.8. The molecule has 8 nitrogen and oxygen atoms in total. The molecule has 1 amide bonds. The number of piperidine rings is 1. The summed E-state index contributed by atoms with van der Waals surface area (Å²) in [6, 6.07) is 7.16. The molecule has 1 aromatic carbocycles. The molecule has 1 saturated heterocycles. The van der Waals surface area contributed by atoms with Crippen molar-refractivity contribution in [2.45, 2.75) is 18.9 Å². The van der Waals surface area contributed by atoms with E-state index in [1.807, 2.05) is 16.3 Å². The third-order valence-electron chi connectivity index (χ3n) is 4.89. The molecule has 4 aromatic rings. The number of aromatic nitrogens is 5. The second kappa shape index (κ2) is 6.46. The van der Waals surface area contributed by atoms with Gasteiger partial charge in [0.05, 0.1) is 17.8 Å². The zero-order chi connectivity index (χ0) is 18.4. The summed E-state index contributed by atoms with van der Waals surface area (Å²) >= 11 is 2.53. The SMILES string of the molecule is O=C(c1ccc2nsnc2c1)N1CCC(n2nnc3ccsc3c2=O)CC1. The van der Waals surface area contributed by atoms with Gasteiger partial charge in [-0.2, -0.15) is 8.75 Å². The van der Waals surface area contributed by atoms with Crippen LogP contribution in [-0.4, -0.2) is 47.6 Å². The zero-order valence-corrected chi connectivity index (χ0v) is 15.7. The Morgan fingerprint density at radius 1 is 1.07 bits per heavy atom. The fourth-order valence-electron chi connectivity index (χ4n) is 3.43. The second-order valence-electron chi connectivity index (χ2n) is 6.47. The molecular formula is C17H14N6O2S2. The molecule has 0 spiro atoms. The highest BCUT2D eigenvalue weighted by molar-refractivity contribution is 7.17. The molecule has 27 heavy (non-hydrogen) atoms. The number of carbonyl (C=O) groups excluding carboxylic acids is 1. The maximum atomic E-state index is 12.8. The van der Waals surface area contributed by atoms with Gasteiger partial charge in [-0.3, -0.25) is 9.59 Å². The van der Waals surface area contributed by atoms with Crippen molar-refractivity contribution in [3.05, 3.63) is 45.6 Å². The Labute approximate surface area is 161 Å². The van der Waals surface area contributed by atoms with Crippen molar-refractivity contribution in [3.63, 3.8) is 0 Å². The van der Waals surface area contributed by atoms with Gasteiger partial charge in [-0.05, 0) is 42.5 Å². The normalized spacial score (nSPS) is 15.6. The Bertz CT molecular complexity index is 1200.